The molecule has 2 atom stereocenters. The van der Waals surface area contributed by atoms with E-state index >= 15 is 0 Å². The molecule has 0 aromatic heterocycles. The fourth-order valence-corrected chi connectivity index (χ4v) is 5.18. The highest BCUT2D eigenvalue weighted by atomic mass is 16.8. The standard InChI is InChI=1S/C37H41NO6/c1-37(2,3)43-36(39)44-38-22-21-34(35(26-38)42-27-28-15-16-29-11-7-8-12-31(29)25-28)30-17-19-33(20-18-30)41-24-10-9-23-40-32-13-5-4-6-14-32/h4-20,25,34-35H,21-24,26-27H2,1-3H3/b10-9-. The van der Waals surface area contributed by atoms with Crippen molar-refractivity contribution < 1.29 is 28.6 Å². The lowest BCUT2D eigenvalue weighted by atomic mass is 9.87. The van der Waals surface area contributed by atoms with Crippen LogP contribution in [-0.4, -0.2) is 49.2 Å². The topological polar surface area (TPSA) is 66.5 Å². The number of piperidine rings is 1. The van der Waals surface area contributed by atoms with Gasteiger partial charge in [-0.05, 0) is 91.6 Å². The number of para-hydroxylation sites is 1. The predicted molar refractivity (Wildman–Crippen MR) is 172 cm³/mol. The number of rotatable bonds is 11. The maximum Gasteiger partial charge on any atom is 0.528 e. The van der Waals surface area contributed by atoms with Crippen LogP contribution in [0.3, 0.4) is 0 Å². The van der Waals surface area contributed by atoms with Crippen LogP contribution < -0.4 is 9.47 Å². The molecule has 1 fully saturated rings. The average molecular weight is 596 g/mol. The Balaban J connectivity index is 1.19. The van der Waals surface area contributed by atoms with E-state index in [-0.39, 0.29) is 12.0 Å². The van der Waals surface area contributed by atoms with Crippen LogP contribution >= 0.6 is 0 Å². The van der Waals surface area contributed by atoms with E-state index in [0.717, 1.165) is 29.0 Å². The summed E-state index contributed by atoms with van der Waals surface area (Å²) in [6, 6.07) is 32.6. The Bertz CT molecular complexity index is 1510. The van der Waals surface area contributed by atoms with E-state index in [2.05, 4.69) is 42.5 Å². The highest BCUT2D eigenvalue weighted by molar-refractivity contribution is 5.82. The minimum absolute atomic E-state index is 0.123. The van der Waals surface area contributed by atoms with E-state index in [0.29, 0.717) is 32.9 Å². The molecule has 5 rings (SSSR count). The molecule has 0 spiro atoms. The maximum atomic E-state index is 12.4. The minimum Gasteiger partial charge on any atom is -0.490 e. The van der Waals surface area contributed by atoms with Gasteiger partial charge in [-0.15, -0.1) is 5.06 Å². The zero-order chi connectivity index (χ0) is 30.8. The van der Waals surface area contributed by atoms with Gasteiger partial charge in [-0.1, -0.05) is 66.7 Å². The quantitative estimate of drug-likeness (QED) is 0.128. The molecule has 0 bridgehead atoms. The van der Waals surface area contributed by atoms with Crippen LogP contribution in [0.15, 0.2) is 109 Å². The zero-order valence-corrected chi connectivity index (χ0v) is 25.7. The van der Waals surface area contributed by atoms with Crippen LogP contribution in [0, 0.1) is 0 Å². The molecule has 4 aromatic rings. The van der Waals surface area contributed by atoms with E-state index in [1.807, 2.05) is 87.5 Å². The van der Waals surface area contributed by atoms with Gasteiger partial charge in [0, 0.05) is 12.5 Å². The molecule has 2 unspecified atom stereocenters. The molecule has 230 valence electrons. The monoisotopic (exact) mass is 595 g/mol. The zero-order valence-electron chi connectivity index (χ0n) is 25.7. The second-order valence-electron chi connectivity index (χ2n) is 11.8. The lowest BCUT2D eigenvalue weighted by Gasteiger charge is -2.37. The molecule has 4 aromatic carbocycles. The molecule has 0 amide bonds. The number of carbonyl (C=O) groups is 1. The van der Waals surface area contributed by atoms with E-state index in [1.165, 1.54) is 10.8 Å². The summed E-state index contributed by atoms with van der Waals surface area (Å²) in [6.07, 6.45) is 3.76. The van der Waals surface area contributed by atoms with Gasteiger partial charge in [0.05, 0.1) is 19.3 Å². The van der Waals surface area contributed by atoms with Gasteiger partial charge >= 0.3 is 6.16 Å². The summed E-state index contributed by atoms with van der Waals surface area (Å²) >= 11 is 0. The Labute approximate surface area is 259 Å². The lowest BCUT2D eigenvalue weighted by Crippen LogP contribution is -2.45. The third kappa shape index (κ3) is 9.33. The van der Waals surface area contributed by atoms with Crippen molar-refractivity contribution in [3.05, 3.63) is 120 Å². The Hall–Kier alpha value is -4.33. The molecule has 0 aliphatic carbocycles. The van der Waals surface area contributed by atoms with Gasteiger partial charge in [-0.25, -0.2) is 4.79 Å². The Morgan fingerprint density at radius 2 is 1.48 bits per heavy atom. The maximum absolute atomic E-state index is 12.4. The number of carbonyl (C=O) groups excluding carboxylic acids is 1. The first-order valence-corrected chi connectivity index (χ1v) is 15.1. The van der Waals surface area contributed by atoms with Crippen LogP contribution in [0.1, 0.15) is 44.2 Å². The van der Waals surface area contributed by atoms with Gasteiger partial charge in [0.1, 0.15) is 30.3 Å². The summed E-state index contributed by atoms with van der Waals surface area (Å²) < 4.78 is 23.5. The summed E-state index contributed by atoms with van der Waals surface area (Å²) in [5.41, 5.74) is 1.62. The first-order chi connectivity index (χ1) is 21.3. The van der Waals surface area contributed by atoms with Crippen molar-refractivity contribution in [1.82, 2.24) is 5.06 Å². The highest BCUT2D eigenvalue weighted by Gasteiger charge is 2.34. The number of fused-ring (bicyclic) bond motifs is 1. The van der Waals surface area contributed by atoms with Crippen molar-refractivity contribution >= 4 is 16.9 Å². The molecule has 7 nitrogen and oxygen atoms in total. The van der Waals surface area contributed by atoms with Crippen molar-refractivity contribution in [1.29, 1.82) is 0 Å². The van der Waals surface area contributed by atoms with Gasteiger partial charge in [0.25, 0.3) is 0 Å². The second kappa shape index (κ2) is 14.9. The molecular formula is C37H41NO6. The third-order valence-electron chi connectivity index (χ3n) is 7.30. The van der Waals surface area contributed by atoms with Crippen LogP contribution in [-0.2, 0) is 20.9 Å². The molecule has 44 heavy (non-hydrogen) atoms. The van der Waals surface area contributed by atoms with Gasteiger partial charge in [0.15, 0.2) is 0 Å². The molecule has 1 aliphatic heterocycles. The summed E-state index contributed by atoms with van der Waals surface area (Å²) in [5.74, 6) is 1.76. The minimum atomic E-state index is -0.702. The van der Waals surface area contributed by atoms with Gasteiger partial charge in [-0.3, -0.25) is 0 Å². The van der Waals surface area contributed by atoms with Crippen LogP contribution in [0.2, 0.25) is 0 Å². The largest absolute Gasteiger partial charge is 0.528 e. The van der Waals surface area contributed by atoms with Crippen LogP contribution in [0.4, 0.5) is 4.79 Å². The summed E-state index contributed by atoms with van der Waals surface area (Å²) in [4.78, 5) is 17.9. The summed E-state index contributed by atoms with van der Waals surface area (Å²) in [6.45, 7) is 7.87. The second-order valence-corrected chi connectivity index (χ2v) is 11.8. The number of hydrogen-bond acceptors (Lipinski definition) is 7. The van der Waals surface area contributed by atoms with Crippen molar-refractivity contribution in [2.45, 2.75) is 51.4 Å². The molecular weight excluding hydrogens is 554 g/mol. The molecule has 1 aliphatic rings. The van der Waals surface area contributed by atoms with Gasteiger partial charge < -0.3 is 23.8 Å². The van der Waals surface area contributed by atoms with Gasteiger partial charge in [0.2, 0.25) is 0 Å². The lowest BCUT2D eigenvalue weighted by molar-refractivity contribution is -0.179. The van der Waals surface area contributed by atoms with E-state index in [9.17, 15) is 4.79 Å². The SMILES string of the molecule is CC(C)(C)OC(=O)ON1CCC(c2ccc(OC/C=C\COc3ccccc3)cc2)C(OCc2ccc3ccccc3c2)C1. The normalized spacial score (nSPS) is 17.4. The van der Waals surface area contributed by atoms with E-state index in [1.54, 1.807) is 5.06 Å². The van der Waals surface area contributed by atoms with Crippen molar-refractivity contribution in [3.63, 3.8) is 0 Å². The number of hydroxylamine groups is 2. The van der Waals surface area contributed by atoms with E-state index in [4.69, 9.17) is 23.8 Å². The van der Waals surface area contributed by atoms with E-state index < -0.39 is 11.8 Å². The Morgan fingerprint density at radius 1 is 0.818 bits per heavy atom. The fourth-order valence-electron chi connectivity index (χ4n) is 5.18. The van der Waals surface area contributed by atoms with Crippen LogP contribution in [0.5, 0.6) is 11.5 Å². The first kappa shape index (κ1) is 31.1. The number of hydrogen-bond donors (Lipinski definition) is 0. The molecule has 0 radical (unpaired) electrons. The summed E-state index contributed by atoms with van der Waals surface area (Å²) in [5, 5.41) is 4.03. The molecule has 0 N–H and O–H groups in total. The Kier molecular flexibility index (Phi) is 10.5. The predicted octanol–water partition coefficient (Wildman–Crippen LogP) is 8.10. The molecule has 1 saturated heterocycles. The van der Waals surface area contributed by atoms with Crippen LogP contribution in [0.25, 0.3) is 10.8 Å². The highest BCUT2D eigenvalue weighted by Crippen LogP contribution is 2.33. The Morgan fingerprint density at radius 3 is 2.18 bits per heavy atom. The first-order valence-electron chi connectivity index (χ1n) is 15.1. The van der Waals surface area contributed by atoms with Crippen molar-refractivity contribution in [2.24, 2.45) is 0 Å². The smallest absolute Gasteiger partial charge is 0.490 e. The fraction of sp³-hybridized carbons (Fsp3) is 0.324. The molecule has 7 heteroatoms. The van der Waals surface area contributed by atoms with Gasteiger partial charge in [-0.2, -0.15) is 0 Å². The molecule has 1 heterocycles. The molecule has 0 saturated carbocycles. The van der Waals surface area contributed by atoms with Crippen molar-refractivity contribution in [3.8, 4) is 11.5 Å². The third-order valence-corrected chi connectivity index (χ3v) is 7.30. The number of ether oxygens (including phenoxy) is 4. The summed E-state index contributed by atoms with van der Waals surface area (Å²) in [7, 11) is 0. The van der Waals surface area contributed by atoms with Crippen molar-refractivity contribution in [2.75, 3.05) is 26.3 Å². The number of nitrogens with zero attached hydrogens (tertiary/aromatic N) is 1. The average Bonchev–Trinajstić information content (AvgIpc) is 3.01. The number of benzene rings is 4.